The van der Waals surface area contributed by atoms with Gasteiger partial charge in [-0.05, 0) is 34.1 Å². The highest BCUT2D eigenvalue weighted by Gasteiger charge is 2.68. The van der Waals surface area contributed by atoms with Gasteiger partial charge in [-0.3, -0.25) is 4.90 Å². The molecule has 0 aromatic rings. The normalized spacial score (nSPS) is 44.1. The summed E-state index contributed by atoms with van der Waals surface area (Å²) in [6, 6.07) is 0. The lowest BCUT2D eigenvalue weighted by atomic mass is 9.48. The minimum absolute atomic E-state index is 0.0563. The van der Waals surface area contributed by atoms with Crippen LogP contribution in [0.1, 0.15) is 48.0 Å². The van der Waals surface area contributed by atoms with Crippen molar-refractivity contribution >= 4 is 0 Å². The number of fused-ring (bicyclic) bond motifs is 1. The summed E-state index contributed by atoms with van der Waals surface area (Å²) >= 11 is 0. The van der Waals surface area contributed by atoms with Crippen molar-refractivity contribution in [3.8, 4) is 0 Å². The van der Waals surface area contributed by atoms with Gasteiger partial charge in [0.15, 0.2) is 0 Å². The van der Waals surface area contributed by atoms with Gasteiger partial charge in [-0.2, -0.15) is 0 Å². The second-order valence-corrected chi connectivity index (χ2v) is 9.22. The summed E-state index contributed by atoms with van der Waals surface area (Å²) in [6.45, 7) is 17.0. The van der Waals surface area contributed by atoms with Crippen LogP contribution in [-0.4, -0.2) is 54.0 Å². The Morgan fingerprint density at radius 1 is 1.05 bits per heavy atom. The van der Waals surface area contributed by atoms with Crippen molar-refractivity contribution in [2.45, 2.75) is 70.8 Å². The molecule has 1 aliphatic carbocycles. The quantitative estimate of drug-likeness (QED) is 0.847. The lowest BCUT2D eigenvalue weighted by molar-refractivity contribution is -0.205. The average Bonchev–Trinajstić information content (AvgIpc) is 2.71. The monoisotopic (exact) mass is 296 g/mol. The molecule has 0 aromatic carbocycles. The highest BCUT2D eigenvalue weighted by molar-refractivity contribution is 5.22. The standard InChI is InChI=1S/C17H32N2O2/c1-14(2)9-19(10-15(3,4)21-14)11-17(18)12-7-8-20-13(12)16(17,5)6/h12-13H,7-11,18H2,1-6H3. The predicted molar refractivity (Wildman–Crippen MR) is 84.2 cm³/mol. The van der Waals surface area contributed by atoms with Gasteiger partial charge >= 0.3 is 0 Å². The van der Waals surface area contributed by atoms with Crippen LogP contribution in [0.15, 0.2) is 0 Å². The topological polar surface area (TPSA) is 47.7 Å². The Morgan fingerprint density at radius 3 is 2.19 bits per heavy atom. The number of nitrogens with two attached hydrogens (primary N) is 1. The van der Waals surface area contributed by atoms with Crippen LogP contribution in [0, 0.1) is 11.3 Å². The summed E-state index contributed by atoms with van der Waals surface area (Å²) < 4.78 is 12.1. The third-order valence-electron chi connectivity index (χ3n) is 5.91. The van der Waals surface area contributed by atoms with E-state index in [4.69, 9.17) is 15.2 Å². The molecule has 0 bridgehead atoms. The number of ether oxygens (including phenoxy) is 2. The van der Waals surface area contributed by atoms with E-state index in [2.05, 4.69) is 46.4 Å². The van der Waals surface area contributed by atoms with Crippen LogP contribution < -0.4 is 5.73 Å². The Balaban J connectivity index is 1.77. The molecule has 1 saturated carbocycles. The fraction of sp³-hybridized carbons (Fsp3) is 1.00. The molecule has 3 atom stereocenters. The van der Waals surface area contributed by atoms with Gasteiger partial charge in [0, 0.05) is 43.1 Å². The van der Waals surface area contributed by atoms with Crippen molar-refractivity contribution in [1.82, 2.24) is 4.90 Å². The first-order chi connectivity index (χ1) is 9.47. The fourth-order valence-electron chi connectivity index (χ4n) is 5.22. The molecular formula is C17H32N2O2. The first-order valence-corrected chi connectivity index (χ1v) is 8.30. The molecule has 4 nitrogen and oxygen atoms in total. The van der Waals surface area contributed by atoms with Crippen molar-refractivity contribution < 1.29 is 9.47 Å². The van der Waals surface area contributed by atoms with Crippen molar-refractivity contribution in [3.63, 3.8) is 0 Å². The Bertz CT molecular complexity index is 417. The Kier molecular flexibility index (Phi) is 3.32. The van der Waals surface area contributed by atoms with Crippen LogP contribution >= 0.6 is 0 Å². The SMILES string of the molecule is CC1(C)CN(CC2(N)C3CCOC3C2(C)C)CC(C)(C)O1. The van der Waals surface area contributed by atoms with E-state index in [1.807, 2.05) is 0 Å². The third-order valence-corrected chi connectivity index (χ3v) is 5.91. The van der Waals surface area contributed by atoms with E-state index in [0.29, 0.717) is 12.0 Å². The van der Waals surface area contributed by atoms with E-state index >= 15 is 0 Å². The summed E-state index contributed by atoms with van der Waals surface area (Å²) in [6.07, 6.45) is 1.46. The average molecular weight is 296 g/mol. The molecule has 4 heteroatoms. The molecule has 122 valence electrons. The number of nitrogens with zero attached hydrogens (tertiary/aromatic N) is 1. The molecule has 0 amide bonds. The van der Waals surface area contributed by atoms with Crippen molar-refractivity contribution in [3.05, 3.63) is 0 Å². The zero-order valence-corrected chi connectivity index (χ0v) is 14.5. The van der Waals surface area contributed by atoms with Crippen molar-refractivity contribution in [2.24, 2.45) is 17.1 Å². The zero-order chi connectivity index (χ0) is 15.7. The van der Waals surface area contributed by atoms with Gasteiger partial charge in [-0.25, -0.2) is 0 Å². The number of hydrogen-bond donors (Lipinski definition) is 1. The van der Waals surface area contributed by atoms with Gasteiger partial charge in [0.1, 0.15) is 0 Å². The predicted octanol–water partition coefficient (Wildman–Crippen LogP) is 2.02. The molecule has 2 heterocycles. The van der Waals surface area contributed by atoms with Crippen molar-refractivity contribution in [2.75, 3.05) is 26.2 Å². The Morgan fingerprint density at radius 2 is 1.62 bits per heavy atom. The molecule has 3 unspecified atom stereocenters. The van der Waals surface area contributed by atoms with E-state index in [-0.39, 0.29) is 22.2 Å². The van der Waals surface area contributed by atoms with E-state index in [9.17, 15) is 0 Å². The maximum absolute atomic E-state index is 6.91. The van der Waals surface area contributed by atoms with E-state index in [1.165, 1.54) is 0 Å². The van der Waals surface area contributed by atoms with Crippen LogP contribution in [-0.2, 0) is 9.47 Å². The number of morpholine rings is 1. The molecule has 3 aliphatic rings. The number of rotatable bonds is 2. The minimum Gasteiger partial charge on any atom is -0.377 e. The maximum atomic E-state index is 6.91. The molecule has 0 aromatic heterocycles. The second kappa shape index (κ2) is 4.44. The smallest absolute Gasteiger partial charge is 0.0760 e. The first kappa shape index (κ1) is 15.7. The third kappa shape index (κ3) is 2.35. The van der Waals surface area contributed by atoms with E-state index in [1.54, 1.807) is 0 Å². The first-order valence-electron chi connectivity index (χ1n) is 8.30. The fourth-order valence-corrected chi connectivity index (χ4v) is 5.22. The summed E-state index contributed by atoms with van der Waals surface area (Å²) in [7, 11) is 0. The molecule has 2 N–H and O–H groups in total. The molecule has 0 radical (unpaired) electrons. The highest BCUT2D eigenvalue weighted by atomic mass is 16.5. The highest BCUT2D eigenvalue weighted by Crippen LogP contribution is 2.58. The van der Waals surface area contributed by atoms with Crippen LogP contribution in [0.2, 0.25) is 0 Å². The van der Waals surface area contributed by atoms with Gasteiger partial charge < -0.3 is 15.2 Å². The number of hydrogen-bond acceptors (Lipinski definition) is 4. The minimum atomic E-state index is -0.141. The second-order valence-electron chi connectivity index (χ2n) is 9.22. The summed E-state index contributed by atoms with van der Waals surface area (Å²) in [4.78, 5) is 2.51. The maximum Gasteiger partial charge on any atom is 0.0760 e. The van der Waals surface area contributed by atoms with E-state index < -0.39 is 0 Å². The van der Waals surface area contributed by atoms with Gasteiger partial charge in [0.05, 0.1) is 17.3 Å². The summed E-state index contributed by atoms with van der Waals surface area (Å²) in [5.74, 6) is 0.515. The van der Waals surface area contributed by atoms with Crippen LogP contribution in [0.25, 0.3) is 0 Å². The molecular weight excluding hydrogens is 264 g/mol. The summed E-state index contributed by atoms with van der Waals surface area (Å²) in [5.41, 5.74) is 6.60. The van der Waals surface area contributed by atoms with Gasteiger partial charge in [-0.1, -0.05) is 13.8 Å². The molecule has 2 aliphatic heterocycles. The van der Waals surface area contributed by atoms with Crippen LogP contribution in [0.4, 0.5) is 0 Å². The molecule has 3 rings (SSSR count). The van der Waals surface area contributed by atoms with Gasteiger partial charge in [-0.15, -0.1) is 0 Å². The molecule has 21 heavy (non-hydrogen) atoms. The zero-order valence-electron chi connectivity index (χ0n) is 14.5. The molecule has 2 saturated heterocycles. The Hall–Kier alpha value is -0.160. The van der Waals surface area contributed by atoms with Crippen LogP contribution in [0.5, 0.6) is 0 Å². The van der Waals surface area contributed by atoms with Crippen LogP contribution in [0.3, 0.4) is 0 Å². The van der Waals surface area contributed by atoms with Crippen molar-refractivity contribution in [1.29, 1.82) is 0 Å². The molecule has 3 fully saturated rings. The van der Waals surface area contributed by atoms with Gasteiger partial charge in [0.25, 0.3) is 0 Å². The summed E-state index contributed by atoms with van der Waals surface area (Å²) in [5, 5.41) is 0. The van der Waals surface area contributed by atoms with Gasteiger partial charge in [0.2, 0.25) is 0 Å². The lowest BCUT2D eigenvalue weighted by Gasteiger charge is -2.64. The lowest BCUT2D eigenvalue weighted by Crippen LogP contribution is -2.79. The van der Waals surface area contributed by atoms with E-state index in [0.717, 1.165) is 32.7 Å². The Labute approximate surface area is 129 Å². The molecule has 0 spiro atoms. The largest absolute Gasteiger partial charge is 0.377 e.